The van der Waals surface area contributed by atoms with Crippen LogP contribution < -0.4 is 5.73 Å². The lowest BCUT2D eigenvalue weighted by Gasteiger charge is -2.29. The summed E-state index contributed by atoms with van der Waals surface area (Å²) in [5.74, 6) is 2.38. The molecule has 1 unspecified atom stereocenters. The molecule has 3 aliphatic carbocycles. The van der Waals surface area contributed by atoms with Crippen LogP contribution in [-0.2, 0) is 0 Å². The zero-order chi connectivity index (χ0) is 21.0. The Bertz CT molecular complexity index is 937. The largest absolute Gasteiger partial charge is 0.399 e. The first-order chi connectivity index (χ1) is 15.3. The van der Waals surface area contributed by atoms with E-state index in [1.54, 1.807) is 0 Å². The van der Waals surface area contributed by atoms with E-state index in [2.05, 4.69) is 60.7 Å². The average Bonchev–Trinajstić information content (AvgIpc) is 2.85. The van der Waals surface area contributed by atoms with Gasteiger partial charge in [-0.3, -0.25) is 0 Å². The van der Waals surface area contributed by atoms with Gasteiger partial charge in [0.25, 0.3) is 0 Å². The molecular formula is C30H37N. The Morgan fingerprint density at radius 1 is 0.677 bits per heavy atom. The summed E-state index contributed by atoms with van der Waals surface area (Å²) >= 11 is 0. The second-order valence-electron chi connectivity index (χ2n) is 10.1. The van der Waals surface area contributed by atoms with E-state index in [0.29, 0.717) is 0 Å². The van der Waals surface area contributed by atoms with Crippen molar-refractivity contribution in [1.29, 1.82) is 0 Å². The lowest BCUT2D eigenvalue weighted by atomic mass is 9.76. The van der Waals surface area contributed by atoms with Gasteiger partial charge in [-0.05, 0) is 95.9 Å². The van der Waals surface area contributed by atoms with Crippen molar-refractivity contribution in [2.75, 3.05) is 5.73 Å². The molecule has 2 aromatic rings. The molecule has 3 aliphatic rings. The highest BCUT2D eigenvalue weighted by atomic mass is 14.5. The van der Waals surface area contributed by atoms with Crippen LogP contribution in [-0.4, -0.2) is 0 Å². The van der Waals surface area contributed by atoms with Gasteiger partial charge in [0.2, 0.25) is 0 Å². The Morgan fingerprint density at radius 3 is 2.03 bits per heavy atom. The van der Waals surface area contributed by atoms with E-state index in [1.807, 2.05) is 0 Å². The van der Waals surface area contributed by atoms with Crippen LogP contribution in [0.2, 0.25) is 0 Å². The van der Waals surface area contributed by atoms with E-state index in [4.69, 9.17) is 5.73 Å². The molecule has 0 aromatic heterocycles. The van der Waals surface area contributed by atoms with Crippen LogP contribution >= 0.6 is 0 Å². The first-order valence-electron chi connectivity index (χ1n) is 12.7. The van der Waals surface area contributed by atoms with Crippen molar-refractivity contribution in [3.63, 3.8) is 0 Å². The van der Waals surface area contributed by atoms with Gasteiger partial charge < -0.3 is 5.73 Å². The number of nitrogen functional groups attached to an aromatic ring is 1. The van der Waals surface area contributed by atoms with Gasteiger partial charge in [0, 0.05) is 5.69 Å². The zero-order valence-corrected chi connectivity index (χ0v) is 18.9. The van der Waals surface area contributed by atoms with Crippen LogP contribution in [0.5, 0.6) is 0 Å². The summed E-state index contributed by atoms with van der Waals surface area (Å²) in [7, 11) is 0. The maximum Gasteiger partial charge on any atom is 0.0326 e. The third-order valence-electron chi connectivity index (χ3n) is 8.00. The fourth-order valence-electron chi connectivity index (χ4n) is 6.13. The van der Waals surface area contributed by atoms with Gasteiger partial charge in [0.15, 0.2) is 0 Å². The molecule has 0 amide bonds. The molecule has 0 aliphatic heterocycles. The fourth-order valence-corrected chi connectivity index (χ4v) is 6.13. The van der Waals surface area contributed by atoms with Crippen LogP contribution in [0.15, 0.2) is 60.7 Å². The number of anilines is 1. The summed E-state index contributed by atoms with van der Waals surface area (Å²) in [5.41, 5.74) is 13.8. The van der Waals surface area contributed by atoms with Crippen LogP contribution in [0.1, 0.15) is 87.7 Å². The van der Waals surface area contributed by atoms with Gasteiger partial charge in [-0.1, -0.05) is 81.0 Å². The van der Waals surface area contributed by atoms with Gasteiger partial charge in [-0.15, -0.1) is 0 Å². The molecule has 1 atom stereocenters. The number of nitrogens with two attached hydrogens (primary N) is 1. The molecule has 0 saturated heterocycles. The van der Waals surface area contributed by atoms with Gasteiger partial charge in [-0.2, -0.15) is 0 Å². The minimum absolute atomic E-state index is 0.733. The number of hydrogen-bond acceptors (Lipinski definition) is 1. The van der Waals surface area contributed by atoms with Crippen LogP contribution in [0.4, 0.5) is 5.69 Å². The average molecular weight is 412 g/mol. The van der Waals surface area contributed by atoms with Gasteiger partial charge in [-0.25, -0.2) is 0 Å². The summed E-state index contributed by atoms with van der Waals surface area (Å²) < 4.78 is 0. The molecule has 0 radical (unpaired) electrons. The Hall–Kier alpha value is -2.28. The molecule has 31 heavy (non-hydrogen) atoms. The topological polar surface area (TPSA) is 26.0 Å². The van der Waals surface area contributed by atoms with E-state index in [-0.39, 0.29) is 0 Å². The monoisotopic (exact) mass is 411 g/mol. The summed E-state index contributed by atoms with van der Waals surface area (Å²) in [6, 6.07) is 15.9. The summed E-state index contributed by atoms with van der Waals surface area (Å²) in [6.07, 6.45) is 22.4. The quantitative estimate of drug-likeness (QED) is 0.501. The summed E-state index contributed by atoms with van der Waals surface area (Å²) in [6.45, 7) is 0. The Labute approximate surface area is 188 Å². The zero-order valence-electron chi connectivity index (χ0n) is 18.9. The summed E-state index contributed by atoms with van der Waals surface area (Å²) in [4.78, 5) is 0. The third-order valence-corrected chi connectivity index (χ3v) is 8.00. The summed E-state index contributed by atoms with van der Waals surface area (Å²) in [5, 5.41) is 0. The highest BCUT2D eigenvalue weighted by Gasteiger charge is 2.23. The lowest BCUT2D eigenvalue weighted by Crippen LogP contribution is -2.17. The second-order valence-corrected chi connectivity index (χ2v) is 10.1. The number of benzene rings is 2. The van der Waals surface area contributed by atoms with Crippen molar-refractivity contribution in [2.45, 2.75) is 76.5 Å². The minimum Gasteiger partial charge on any atom is -0.399 e. The number of allylic oxidation sites excluding steroid dienone is 4. The predicted octanol–water partition coefficient (Wildman–Crippen LogP) is 8.52. The van der Waals surface area contributed by atoms with Crippen LogP contribution in [0, 0.1) is 11.8 Å². The molecule has 2 saturated carbocycles. The maximum atomic E-state index is 6.34. The fraction of sp³-hybridized carbons (Fsp3) is 0.467. The van der Waals surface area contributed by atoms with Crippen LogP contribution in [0.25, 0.3) is 16.7 Å². The van der Waals surface area contributed by atoms with Crippen molar-refractivity contribution >= 4 is 11.3 Å². The SMILES string of the molecule is Nc1cc(C2=CCC(C3CCCCC3)C=C2)cc(-c2ccc(C3CCCCC3)cc2)c1. The van der Waals surface area contributed by atoms with Crippen molar-refractivity contribution in [3.8, 4) is 11.1 Å². The second kappa shape index (κ2) is 9.47. The highest BCUT2D eigenvalue weighted by Crippen LogP contribution is 2.38. The smallest absolute Gasteiger partial charge is 0.0326 e. The van der Waals surface area contributed by atoms with Crippen molar-refractivity contribution in [2.24, 2.45) is 11.8 Å². The minimum atomic E-state index is 0.733. The van der Waals surface area contributed by atoms with Gasteiger partial charge >= 0.3 is 0 Å². The van der Waals surface area contributed by atoms with Crippen LogP contribution in [0.3, 0.4) is 0 Å². The molecule has 2 N–H and O–H groups in total. The predicted molar refractivity (Wildman–Crippen MR) is 134 cm³/mol. The molecule has 5 rings (SSSR count). The molecule has 1 nitrogen and oxygen atoms in total. The Balaban J connectivity index is 1.32. The molecule has 0 heterocycles. The standard InChI is InChI=1S/C30H37N/c31-30-20-28(26-15-11-24(12-16-26)22-7-3-1-4-8-22)19-29(21-30)27-17-13-25(14-18-27)23-9-5-2-6-10-23/h11-13,15-23,25H,1-10,14,31H2. The molecule has 2 fully saturated rings. The Kier molecular flexibility index (Phi) is 6.30. The van der Waals surface area contributed by atoms with Crippen molar-refractivity contribution in [3.05, 3.63) is 71.8 Å². The van der Waals surface area contributed by atoms with Crippen molar-refractivity contribution in [1.82, 2.24) is 0 Å². The van der Waals surface area contributed by atoms with Gasteiger partial charge in [0.05, 0.1) is 0 Å². The van der Waals surface area contributed by atoms with Gasteiger partial charge in [0.1, 0.15) is 0 Å². The lowest BCUT2D eigenvalue weighted by molar-refractivity contribution is 0.286. The van der Waals surface area contributed by atoms with E-state index < -0.39 is 0 Å². The maximum absolute atomic E-state index is 6.34. The first kappa shape index (κ1) is 20.6. The third kappa shape index (κ3) is 4.81. The van der Waals surface area contributed by atoms with Crippen molar-refractivity contribution < 1.29 is 0 Å². The van der Waals surface area contributed by atoms with E-state index in [1.165, 1.54) is 98.5 Å². The number of hydrogen-bond donors (Lipinski definition) is 1. The highest BCUT2D eigenvalue weighted by molar-refractivity contribution is 5.81. The molecular weight excluding hydrogens is 374 g/mol. The first-order valence-corrected chi connectivity index (χ1v) is 12.7. The Morgan fingerprint density at radius 2 is 1.35 bits per heavy atom. The van der Waals surface area contributed by atoms with E-state index in [0.717, 1.165) is 23.4 Å². The van der Waals surface area contributed by atoms with E-state index in [9.17, 15) is 0 Å². The van der Waals surface area contributed by atoms with E-state index >= 15 is 0 Å². The molecule has 0 bridgehead atoms. The normalized spacial score (nSPS) is 23.0. The molecule has 1 heteroatoms. The molecule has 2 aromatic carbocycles. The molecule has 162 valence electrons. The number of rotatable bonds is 4. The molecule has 0 spiro atoms.